The number of halogens is 1. The van der Waals surface area contributed by atoms with Gasteiger partial charge in [-0.15, -0.1) is 0 Å². The summed E-state index contributed by atoms with van der Waals surface area (Å²) in [4.78, 5) is 11.9. The van der Waals surface area contributed by atoms with Gasteiger partial charge in [0.1, 0.15) is 5.75 Å². The van der Waals surface area contributed by atoms with Crippen LogP contribution in [0.15, 0.2) is 46.9 Å². The first kappa shape index (κ1) is 13.6. The molecule has 0 unspecified atom stereocenters. The molecular formula is C15H14BrNO2. The lowest BCUT2D eigenvalue weighted by molar-refractivity contribution is -0.115. The Bertz CT molecular complexity index is 573. The number of aromatic hydroxyl groups is 1. The normalized spacial score (nSPS) is 10.2. The van der Waals surface area contributed by atoms with E-state index >= 15 is 0 Å². The van der Waals surface area contributed by atoms with Gasteiger partial charge in [0.05, 0.1) is 10.9 Å². The van der Waals surface area contributed by atoms with Crippen molar-refractivity contribution in [2.45, 2.75) is 13.3 Å². The van der Waals surface area contributed by atoms with E-state index in [9.17, 15) is 9.90 Å². The van der Waals surface area contributed by atoms with E-state index in [0.717, 1.165) is 5.56 Å². The third-order valence-corrected chi connectivity index (χ3v) is 3.35. The Labute approximate surface area is 120 Å². The lowest BCUT2D eigenvalue weighted by Crippen LogP contribution is -2.14. The van der Waals surface area contributed by atoms with Gasteiger partial charge in [-0.25, -0.2) is 0 Å². The standard InChI is InChI=1S/C15H14BrNO2/c1-10-7-12(9-13(16)15(10)19)17-14(18)8-11-5-3-2-4-6-11/h2-7,9,19H,8H2,1H3,(H,17,18). The molecule has 0 bridgehead atoms. The molecule has 0 aliphatic carbocycles. The molecule has 4 heteroatoms. The summed E-state index contributed by atoms with van der Waals surface area (Å²) in [6.07, 6.45) is 0.332. The maximum atomic E-state index is 11.9. The van der Waals surface area contributed by atoms with Crippen molar-refractivity contribution < 1.29 is 9.90 Å². The van der Waals surface area contributed by atoms with E-state index < -0.39 is 0 Å². The SMILES string of the molecule is Cc1cc(NC(=O)Cc2ccccc2)cc(Br)c1O. The molecule has 0 aromatic heterocycles. The minimum Gasteiger partial charge on any atom is -0.506 e. The molecule has 3 nitrogen and oxygen atoms in total. The molecule has 0 saturated carbocycles. The molecule has 0 spiro atoms. The molecule has 2 rings (SSSR count). The van der Waals surface area contributed by atoms with Crippen LogP contribution in [0, 0.1) is 6.92 Å². The molecule has 2 aromatic carbocycles. The average Bonchev–Trinajstić information content (AvgIpc) is 2.37. The van der Waals surface area contributed by atoms with Crippen LogP contribution < -0.4 is 5.32 Å². The highest BCUT2D eigenvalue weighted by molar-refractivity contribution is 9.10. The molecule has 0 heterocycles. The van der Waals surface area contributed by atoms with Crippen molar-refractivity contribution in [2.75, 3.05) is 5.32 Å². The number of hydrogen-bond donors (Lipinski definition) is 2. The van der Waals surface area contributed by atoms with E-state index in [0.29, 0.717) is 22.1 Å². The second kappa shape index (κ2) is 5.89. The van der Waals surface area contributed by atoms with Gasteiger partial charge in [0, 0.05) is 5.69 Å². The van der Waals surface area contributed by atoms with Crippen LogP contribution in [0.3, 0.4) is 0 Å². The summed E-state index contributed by atoms with van der Waals surface area (Å²) in [5.74, 6) is 0.115. The molecule has 0 radical (unpaired) electrons. The second-order valence-corrected chi connectivity index (χ2v) is 5.19. The van der Waals surface area contributed by atoms with E-state index in [1.165, 1.54) is 0 Å². The lowest BCUT2D eigenvalue weighted by atomic mass is 10.1. The van der Waals surface area contributed by atoms with Crippen molar-refractivity contribution in [1.29, 1.82) is 0 Å². The summed E-state index contributed by atoms with van der Waals surface area (Å²) in [5, 5.41) is 12.5. The zero-order valence-corrected chi connectivity index (χ0v) is 12.1. The number of carbonyl (C=O) groups is 1. The lowest BCUT2D eigenvalue weighted by Gasteiger charge is -2.09. The van der Waals surface area contributed by atoms with E-state index in [-0.39, 0.29) is 11.7 Å². The fourth-order valence-corrected chi connectivity index (χ4v) is 2.35. The maximum absolute atomic E-state index is 11.9. The Morgan fingerprint density at radius 1 is 1.26 bits per heavy atom. The Hall–Kier alpha value is -1.81. The molecule has 2 aromatic rings. The van der Waals surface area contributed by atoms with Gasteiger partial charge in [-0.3, -0.25) is 4.79 Å². The molecule has 19 heavy (non-hydrogen) atoms. The number of phenols is 1. The highest BCUT2D eigenvalue weighted by Gasteiger charge is 2.08. The Morgan fingerprint density at radius 3 is 2.58 bits per heavy atom. The van der Waals surface area contributed by atoms with Crippen LogP contribution in [0.2, 0.25) is 0 Å². The second-order valence-electron chi connectivity index (χ2n) is 4.33. The Balaban J connectivity index is 2.07. The molecule has 0 atom stereocenters. The van der Waals surface area contributed by atoms with Gasteiger partial charge in [0.2, 0.25) is 5.91 Å². The van der Waals surface area contributed by atoms with Gasteiger partial charge >= 0.3 is 0 Å². The molecule has 0 aliphatic rings. The fourth-order valence-electron chi connectivity index (χ4n) is 1.80. The highest BCUT2D eigenvalue weighted by Crippen LogP contribution is 2.30. The summed E-state index contributed by atoms with van der Waals surface area (Å²) < 4.78 is 0.572. The first-order valence-corrected chi connectivity index (χ1v) is 6.68. The predicted octanol–water partition coefficient (Wildman–Crippen LogP) is 3.64. The topological polar surface area (TPSA) is 49.3 Å². The summed E-state index contributed by atoms with van der Waals surface area (Å²) in [6, 6.07) is 13.0. The fraction of sp³-hybridized carbons (Fsp3) is 0.133. The number of carbonyl (C=O) groups excluding carboxylic acids is 1. The number of aryl methyl sites for hydroxylation is 1. The zero-order chi connectivity index (χ0) is 13.8. The number of phenolic OH excluding ortho intramolecular Hbond substituents is 1. The number of benzene rings is 2. The van der Waals surface area contributed by atoms with Gasteiger partial charge in [-0.05, 0) is 46.1 Å². The minimum atomic E-state index is -0.0804. The Morgan fingerprint density at radius 2 is 1.95 bits per heavy atom. The van der Waals surface area contributed by atoms with Gasteiger partial charge in [-0.1, -0.05) is 30.3 Å². The van der Waals surface area contributed by atoms with Gasteiger partial charge in [0.15, 0.2) is 0 Å². The van der Waals surface area contributed by atoms with Crippen molar-refractivity contribution in [3.63, 3.8) is 0 Å². The van der Waals surface area contributed by atoms with E-state index in [1.807, 2.05) is 30.3 Å². The zero-order valence-electron chi connectivity index (χ0n) is 10.5. The minimum absolute atomic E-state index is 0.0804. The number of hydrogen-bond acceptors (Lipinski definition) is 2. The van der Waals surface area contributed by atoms with Crippen LogP contribution >= 0.6 is 15.9 Å². The summed E-state index contributed by atoms with van der Waals surface area (Å²) in [7, 11) is 0. The predicted molar refractivity (Wildman–Crippen MR) is 79.3 cm³/mol. The average molecular weight is 320 g/mol. The van der Waals surface area contributed by atoms with Gasteiger partial charge in [-0.2, -0.15) is 0 Å². The largest absolute Gasteiger partial charge is 0.506 e. The molecule has 2 N–H and O–H groups in total. The quantitative estimate of drug-likeness (QED) is 0.848. The van der Waals surface area contributed by atoms with Crippen molar-refractivity contribution in [1.82, 2.24) is 0 Å². The number of rotatable bonds is 3. The van der Waals surface area contributed by atoms with Crippen molar-refractivity contribution >= 4 is 27.5 Å². The highest BCUT2D eigenvalue weighted by atomic mass is 79.9. The van der Waals surface area contributed by atoms with Gasteiger partial charge < -0.3 is 10.4 Å². The van der Waals surface area contributed by atoms with Crippen LogP contribution in [-0.2, 0) is 11.2 Å². The monoisotopic (exact) mass is 319 g/mol. The van der Waals surface area contributed by atoms with E-state index in [4.69, 9.17) is 0 Å². The van der Waals surface area contributed by atoms with Crippen LogP contribution in [-0.4, -0.2) is 11.0 Å². The number of anilines is 1. The third-order valence-electron chi connectivity index (χ3n) is 2.75. The van der Waals surface area contributed by atoms with Crippen molar-refractivity contribution in [3.05, 3.63) is 58.1 Å². The third kappa shape index (κ3) is 3.58. The molecule has 1 amide bonds. The van der Waals surface area contributed by atoms with Crippen LogP contribution in [0.25, 0.3) is 0 Å². The summed E-state index contributed by atoms with van der Waals surface area (Å²) >= 11 is 3.25. The first-order valence-electron chi connectivity index (χ1n) is 5.89. The van der Waals surface area contributed by atoms with Crippen molar-refractivity contribution in [3.8, 4) is 5.75 Å². The summed E-state index contributed by atoms with van der Waals surface area (Å²) in [5.41, 5.74) is 2.35. The summed E-state index contributed by atoms with van der Waals surface area (Å²) in [6.45, 7) is 1.78. The maximum Gasteiger partial charge on any atom is 0.228 e. The van der Waals surface area contributed by atoms with Gasteiger partial charge in [0.25, 0.3) is 0 Å². The molecule has 98 valence electrons. The van der Waals surface area contributed by atoms with Crippen molar-refractivity contribution in [2.24, 2.45) is 0 Å². The first-order chi connectivity index (χ1) is 9.06. The number of amides is 1. The molecule has 0 aliphatic heterocycles. The molecular weight excluding hydrogens is 306 g/mol. The van der Waals surface area contributed by atoms with Crippen LogP contribution in [0.5, 0.6) is 5.75 Å². The van der Waals surface area contributed by atoms with Crippen LogP contribution in [0.4, 0.5) is 5.69 Å². The van der Waals surface area contributed by atoms with E-state index in [2.05, 4.69) is 21.2 Å². The smallest absolute Gasteiger partial charge is 0.228 e. The van der Waals surface area contributed by atoms with E-state index in [1.54, 1.807) is 19.1 Å². The van der Waals surface area contributed by atoms with Crippen LogP contribution in [0.1, 0.15) is 11.1 Å². The molecule has 0 fully saturated rings. The Kier molecular flexibility index (Phi) is 4.22. The number of nitrogens with one attached hydrogen (secondary N) is 1. The molecule has 0 saturated heterocycles.